The summed E-state index contributed by atoms with van der Waals surface area (Å²) in [7, 11) is 0. The van der Waals surface area contributed by atoms with Crippen LogP contribution in [0.25, 0.3) is 0 Å². The van der Waals surface area contributed by atoms with Crippen molar-refractivity contribution >= 4 is 57.6 Å². The summed E-state index contributed by atoms with van der Waals surface area (Å²) in [6.45, 7) is 3.82. The standard InChI is InChI=1S/C22H21ClN4O2S/c1-3-6-18-21(29)27-19(25-18)16-7-4-5-8-17(16)26-22(27)30-13(2)20(28)24-15-11-9-14(23)10-12-15/h4-5,7-13,18H,3,6H2,1-2H3,(H,24,28)/t13-,18+/m0/s1. The van der Waals surface area contributed by atoms with E-state index in [4.69, 9.17) is 11.6 Å². The number of carbonyl (C=O) groups is 2. The zero-order chi connectivity index (χ0) is 21.3. The van der Waals surface area contributed by atoms with Crippen molar-refractivity contribution in [2.75, 3.05) is 5.32 Å². The number of nitrogens with one attached hydrogen (secondary N) is 1. The highest BCUT2D eigenvalue weighted by atomic mass is 35.5. The molecule has 0 fully saturated rings. The van der Waals surface area contributed by atoms with Gasteiger partial charge in [0.25, 0.3) is 5.91 Å². The van der Waals surface area contributed by atoms with Crippen molar-refractivity contribution in [2.24, 2.45) is 9.98 Å². The fraction of sp³-hybridized carbons (Fsp3) is 0.273. The molecule has 2 aliphatic rings. The van der Waals surface area contributed by atoms with E-state index >= 15 is 0 Å². The molecule has 8 heteroatoms. The normalized spacial score (nSPS) is 18.3. The highest BCUT2D eigenvalue weighted by Gasteiger charge is 2.41. The van der Waals surface area contributed by atoms with Gasteiger partial charge in [-0.1, -0.05) is 48.8 Å². The number of hydrogen-bond donors (Lipinski definition) is 1. The van der Waals surface area contributed by atoms with Crippen molar-refractivity contribution in [2.45, 2.75) is 38.0 Å². The van der Waals surface area contributed by atoms with Crippen molar-refractivity contribution in [3.05, 3.63) is 59.1 Å². The van der Waals surface area contributed by atoms with Crippen molar-refractivity contribution in [1.29, 1.82) is 0 Å². The molecule has 0 unspecified atom stereocenters. The summed E-state index contributed by atoms with van der Waals surface area (Å²) in [5.74, 6) is 0.355. The highest BCUT2D eigenvalue weighted by Crippen LogP contribution is 2.35. The number of anilines is 1. The second-order valence-corrected chi connectivity index (χ2v) is 8.84. The highest BCUT2D eigenvalue weighted by molar-refractivity contribution is 8.15. The van der Waals surface area contributed by atoms with Crippen LogP contribution < -0.4 is 5.32 Å². The third-order valence-electron chi connectivity index (χ3n) is 4.87. The minimum absolute atomic E-state index is 0.0853. The zero-order valence-electron chi connectivity index (χ0n) is 16.6. The zero-order valence-corrected chi connectivity index (χ0v) is 18.2. The van der Waals surface area contributed by atoms with E-state index in [1.807, 2.05) is 31.2 Å². The molecule has 0 radical (unpaired) electrons. The second kappa shape index (κ2) is 8.62. The number of rotatable bonds is 5. The largest absolute Gasteiger partial charge is 0.325 e. The van der Waals surface area contributed by atoms with Crippen LogP contribution in [0.5, 0.6) is 0 Å². The minimum atomic E-state index is -0.469. The smallest absolute Gasteiger partial charge is 0.259 e. The fourth-order valence-corrected chi connectivity index (χ4v) is 4.37. The molecule has 30 heavy (non-hydrogen) atoms. The van der Waals surface area contributed by atoms with Crippen molar-refractivity contribution in [3.8, 4) is 0 Å². The van der Waals surface area contributed by atoms with Crippen LogP contribution >= 0.6 is 23.4 Å². The number of aliphatic imine (C=N–C) groups is 2. The van der Waals surface area contributed by atoms with E-state index in [2.05, 4.69) is 15.3 Å². The first-order valence-electron chi connectivity index (χ1n) is 9.81. The number of fused-ring (bicyclic) bond motifs is 3. The van der Waals surface area contributed by atoms with Gasteiger partial charge in [-0.25, -0.2) is 9.89 Å². The summed E-state index contributed by atoms with van der Waals surface area (Å²) in [5, 5.41) is 3.49. The summed E-state index contributed by atoms with van der Waals surface area (Å²) < 4.78 is 0. The Morgan fingerprint density at radius 2 is 1.97 bits per heavy atom. The van der Waals surface area contributed by atoms with Gasteiger partial charge in [0.1, 0.15) is 11.9 Å². The maximum Gasteiger partial charge on any atom is 0.259 e. The Morgan fingerprint density at radius 1 is 1.23 bits per heavy atom. The van der Waals surface area contributed by atoms with Gasteiger partial charge in [-0.3, -0.25) is 14.6 Å². The molecular weight excluding hydrogens is 420 g/mol. The summed E-state index contributed by atoms with van der Waals surface area (Å²) in [6.07, 6.45) is 1.55. The first-order chi connectivity index (χ1) is 14.5. The molecule has 0 bridgehead atoms. The average molecular weight is 441 g/mol. The number of amidine groups is 2. The molecule has 2 heterocycles. The molecule has 2 aliphatic heterocycles. The van der Waals surface area contributed by atoms with E-state index in [1.54, 1.807) is 36.1 Å². The van der Waals surface area contributed by atoms with Gasteiger partial charge in [0.2, 0.25) is 5.91 Å². The molecule has 1 N–H and O–H groups in total. The lowest BCUT2D eigenvalue weighted by atomic mass is 10.1. The van der Waals surface area contributed by atoms with Crippen LogP contribution in [0.2, 0.25) is 5.02 Å². The first kappa shape index (κ1) is 20.6. The predicted octanol–water partition coefficient (Wildman–Crippen LogP) is 4.86. The molecule has 0 aliphatic carbocycles. The topological polar surface area (TPSA) is 74.1 Å². The van der Waals surface area contributed by atoms with E-state index in [-0.39, 0.29) is 11.8 Å². The third-order valence-corrected chi connectivity index (χ3v) is 6.18. The van der Waals surface area contributed by atoms with Gasteiger partial charge in [-0.05, 0) is 49.7 Å². The molecule has 2 aromatic rings. The van der Waals surface area contributed by atoms with Gasteiger partial charge in [-0.2, -0.15) is 0 Å². The molecule has 0 saturated carbocycles. The Morgan fingerprint density at radius 3 is 2.70 bits per heavy atom. The summed E-state index contributed by atoms with van der Waals surface area (Å²) in [4.78, 5) is 36.7. The summed E-state index contributed by atoms with van der Waals surface area (Å²) >= 11 is 7.15. The molecule has 0 aromatic heterocycles. The van der Waals surface area contributed by atoms with E-state index in [0.29, 0.717) is 28.1 Å². The Bertz CT molecular complexity index is 1050. The number of para-hydroxylation sites is 1. The van der Waals surface area contributed by atoms with E-state index < -0.39 is 11.3 Å². The number of hydrogen-bond acceptors (Lipinski definition) is 5. The molecule has 0 spiro atoms. The number of amides is 2. The Hall–Kier alpha value is -2.64. The van der Waals surface area contributed by atoms with Crippen LogP contribution in [0.1, 0.15) is 32.3 Å². The molecule has 2 atom stereocenters. The lowest BCUT2D eigenvalue weighted by molar-refractivity contribution is -0.124. The maximum atomic E-state index is 13.0. The average Bonchev–Trinajstić information content (AvgIpc) is 3.07. The quantitative estimate of drug-likeness (QED) is 0.721. The molecule has 4 rings (SSSR count). The number of nitrogens with zero attached hydrogens (tertiary/aromatic N) is 3. The lowest BCUT2D eigenvalue weighted by Crippen LogP contribution is -2.42. The number of thioether (sulfide) groups is 1. The SMILES string of the molecule is CCC[C@H]1N=C2c3ccccc3N=C(S[C@@H](C)C(=O)Nc3ccc(Cl)cc3)N2C1=O. The Balaban J connectivity index is 1.58. The molecule has 2 amide bonds. The van der Waals surface area contributed by atoms with Gasteiger partial charge >= 0.3 is 0 Å². The number of halogens is 1. The van der Waals surface area contributed by atoms with Crippen LogP contribution in [0.15, 0.2) is 58.5 Å². The summed E-state index contributed by atoms with van der Waals surface area (Å²) in [6, 6.07) is 14.2. The van der Waals surface area contributed by atoms with E-state index in [9.17, 15) is 9.59 Å². The van der Waals surface area contributed by atoms with Gasteiger partial charge in [0.05, 0.1) is 10.9 Å². The van der Waals surface area contributed by atoms with Crippen LogP contribution in [-0.2, 0) is 9.59 Å². The maximum absolute atomic E-state index is 13.0. The van der Waals surface area contributed by atoms with E-state index in [1.165, 1.54) is 11.8 Å². The number of benzene rings is 2. The molecule has 154 valence electrons. The monoisotopic (exact) mass is 440 g/mol. The molecule has 2 aromatic carbocycles. The minimum Gasteiger partial charge on any atom is -0.325 e. The first-order valence-corrected chi connectivity index (χ1v) is 11.1. The van der Waals surface area contributed by atoms with Crippen molar-refractivity contribution in [3.63, 3.8) is 0 Å². The van der Waals surface area contributed by atoms with Crippen LogP contribution in [0.4, 0.5) is 11.4 Å². The van der Waals surface area contributed by atoms with Gasteiger partial charge in [0, 0.05) is 16.3 Å². The number of carbonyl (C=O) groups excluding carboxylic acids is 2. The molecule has 0 saturated heterocycles. The lowest BCUT2D eigenvalue weighted by Gasteiger charge is -2.26. The van der Waals surface area contributed by atoms with Crippen molar-refractivity contribution < 1.29 is 9.59 Å². The van der Waals surface area contributed by atoms with Crippen LogP contribution in [-0.4, -0.2) is 39.0 Å². The van der Waals surface area contributed by atoms with Gasteiger partial charge < -0.3 is 5.32 Å². The van der Waals surface area contributed by atoms with E-state index in [0.717, 1.165) is 17.7 Å². The molecule has 6 nitrogen and oxygen atoms in total. The van der Waals surface area contributed by atoms with Crippen molar-refractivity contribution in [1.82, 2.24) is 4.90 Å². The Labute approximate surface area is 184 Å². The third kappa shape index (κ3) is 4.00. The predicted molar refractivity (Wildman–Crippen MR) is 123 cm³/mol. The molecular formula is C22H21ClN4O2S. The Kier molecular flexibility index (Phi) is 5.92. The fourth-order valence-electron chi connectivity index (χ4n) is 3.33. The van der Waals surface area contributed by atoms with Gasteiger partial charge in [0.15, 0.2) is 5.17 Å². The van der Waals surface area contributed by atoms with Crippen LogP contribution in [0, 0.1) is 0 Å². The second-order valence-electron chi connectivity index (χ2n) is 7.10. The van der Waals surface area contributed by atoms with Gasteiger partial charge in [-0.15, -0.1) is 0 Å². The summed E-state index contributed by atoms with van der Waals surface area (Å²) in [5.41, 5.74) is 2.26. The van der Waals surface area contributed by atoms with Crippen LogP contribution in [0.3, 0.4) is 0 Å².